The molecule has 16 heavy (non-hydrogen) atoms. The maximum atomic E-state index is 5.76. The summed E-state index contributed by atoms with van der Waals surface area (Å²) in [6.45, 7) is 4.18. The van der Waals surface area contributed by atoms with Crippen molar-refractivity contribution < 1.29 is 0 Å². The lowest BCUT2D eigenvalue weighted by atomic mass is 10.0. The average molecular weight is 305 g/mol. The summed E-state index contributed by atoms with van der Waals surface area (Å²) in [5.74, 6) is 1.45. The third-order valence-electron chi connectivity index (χ3n) is 2.80. The fraction of sp³-hybridized carbons (Fsp3) is 0.538. The van der Waals surface area contributed by atoms with Crippen molar-refractivity contribution >= 4 is 27.5 Å². The van der Waals surface area contributed by atoms with E-state index in [1.807, 2.05) is 6.07 Å². The normalized spacial score (nSPS) is 12.7. The van der Waals surface area contributed by atoms with Crippen molar-refractivity contribution in [3.63, 3.8) is 0 Å². The van der Waals surface area contributed by atoms with Crippen LogP contribution in [0.4, 0.5) is 0 Å². The van der Waals surface area contributed by atoms with Crippen molar-refractivity contribution in [3.05, 3.63) is 34.3 Å². The average Bonchev–Trinajstić information content (AvgIpc) is 2.30. The minimum Gasteiger partial charge on any atom is -0.312 e. The van der Waals surface area contributed by atoms with E-state index in [4.69, 9.17) is 11.6 Å². The molecular weight excluding hydrogens is 286 g/mol. The van der Waals surface area contributed by atoms with E-state index in [1.165, 1.54) is 16.5 Å². The minimum absolute atomic E-state index is 0.694. The molecule has 0 aliphatic carbocycles. The standard InChI is InChI=1S/C13H19BrClN/c1-2-11(7-8-15)9-16-10-12-5-3-4-6-13(12)14/h3-6,11,16H,2,7-10H2,1H3. The summed E-state index contributed by atoms with van der Waals surface area (Å²) in [4.78, 5) is 0. The number of benzene rings is 1. The zero-order valence-electron chi connectivity index (χ0n) is 9.68. The van der Waals surface area contributed by atoms with Crippen LogP contribution in [-0.2, 0) is 6.54 Å². The molecule has 0 saturated heterocycles. The lowest BCUT2D eigenvalue weighted by molar-refractivity contribution is 0.451. The number of nitrogens with one attached hydrogen (secondary N) is 1. The van der Waals surface area contributed by atoms with Crippen LogP contribution >= 0.6 is 27.5 Å². The fourth-order valence-corrected chi connectivity index (χ4v) is 2.39. The monoisotopic (exact) mass is 303 g/mol. The van der Waals surface area contributed by atoms with Crippen LogP contribution in [0.3, 0.4) is 0 Å². The Bertz CT molecular complexity index is 304. The highest BCUT2D eigenvalue weighted by molar-refractivity contribution is 9.10. The second kappa shape index (κ2) is 8.10. The van der Waals surface area contributed by atoms with Crippen molar-refractivity contribution in [3.8, 4) is 0 Å². The maximum absolute atomic E-state index is 5.76. The molecule has 1 nitrogen and oxygen atoms in total. The molecule has 0 saturated carbocycles. The molecule has 0 radical (unpaired) electrons. The molecule has 0 bridgehead atoms. The molecule has 0 amide bonds. The second-order valence-corrected chi connectivity index (χ2v) is 5.21. The van der Waals surface area contributed by atoms with Crippen LogP contribution in [0.15, 0.2) is 28.7 Å². The molecule has 3 heteroatoms. The topological polar surface area (TPSA) is 12.0 Å². The van der Waals surface area contributed by atoms with Crippen LogP contribution in [0.1, 0.15) is 25.3 Å². The lowest BCUT2D eigenvalue weighted by Crippen LogP contribution is -2.22. The van der Waals surface area contributed by atoms with Gasteiger partial charge in [0.25, 0.3) is 0 Å². The van der Waals surface area contributed by atoms with E-state index in [2.05, 4.69) is 46.4 Å². The van der Waals surface area contributed by atoms with E-state index in [9.17, 15) is 0 Å². The number of hydrogen-bond donors (Lipinski definition) is 1. The maximum Gasteiger partial charge on any atom is 0.0226 e. The molecule has 0 aliphatic heterocycles. The first kappa shape index (κ1) is 14.0. The van der Waals surface area contributed by atoms with Crippen LogP contribution in [0.2, 0.25) is 0 Å². The Balaban J connectivity index is 2.32. The first-order chi connectivity index (χ1) is 7.77. The summed E-state index contributed by atoms with van der Waals surface area (Å²) in [5, 5.41) is 3.49. The summed E-state index contributed by atoms with van der Waals surface area (Å²) in [6, 6.07) is 8.32. The van der Waals surface area contributed by atoms with Crippen molar-refractivity contribution in [2.24, 2.45) is 5.92 Å². The molecule has 0 spiro atoms. The van der Waals surface area contributed by atoms with Gasteiger partial charge in [0.1, 0.15) is 0 Å². The molecule has 1 N–H and O–H groups in total. The van der Waals surface area contributed by atoms with Crippen LogP contribution < -0.4 is 5.32 Å². The van der Waals surface area contributed by atoms with Gasteiger partial charge in [-0.1, -0.05) is 47.5 Å². The molecule has 0 fully saturated rings. The van der Waals surface area contributed by atoms with Crippen LogP contribution in [-0.4, -0.2) is 12.4 Å². The third kappa shape index (κ3) is 4.86. The van der Waals surface area contributed by atoms with Crippen LogP contribution in [0.5, 0.6) is 0 Å². The summed E-state index contributed by atoms with van der Waals surface area (Å²) in [6.07, 6.45) is 2.29. The third-order valence-corrected chi connectivity index (χ3v) is 3.79. The van der Waals surface area contributed by atoms with Crippen molar-refractivity contribution in [2.45, 2.75) is 26.3 Å². The summed E-state index contributed by atoms with van der Waals surface area (Å²) in [5.41, 5.74) is 1.31. The summed E-state index contributed by atoms with van der Waals surface area (Å²) < 4.78 is 1.17. The molecule has 0 aliphatic rings. The number of halogens is 2. The summed E-state index contributed by atoms with van der Waals surface area (Å²) in [7, 11) is 0. The Hall–Kier alpha value is -0.0500. The summed E-state index contributed by atoms with van der Waals surface area (Å²) >= 11 is 9.31. The SMILES string of the molecule is CCC(CCCl)CNCc1ccccc1Br. The first-order valence-corrected chi connectivity index (χ1v) is 7.10. The Labute approximate surface area is 112 Å². The molecule has 1 unspecified atom stereocenters. The van der Waals surface area contributed by atoms with Crippen molar-refractivity contribution in [2.75, 3.05) is 12.4 Å². The minimum atomic E-state index is 0.694. The molecular formula is C13H19BrClN. The second-order valence-electron chi connectivity index (χ2n) is 3.97. The zero-order valence-corrected chi connectivity index (χ0v) is 12.0. The number of alkyl halides is 1. The Morgan fingerprint density at radius 3 is 2.75 bits per heavy atom. The Kier molecular flexibility index (Phi) is 7.10. The number of rotatable bonds is 7. The first-order valence-electron chi connectivity index (χ1n) is 5.78. The molecule has 1 atom stereocenters. The molecule has 0 aromatic heterocycles. The highest BCUT2D eigenvalue weighted by Crippen LogP contribution is 2.15. The lowest BCUT2D eigenvalue weighted by Gasteiger charge is -2.14. The highest BCUT2D eigenvalue weighted by atomic mass is 79.9. The van der Waals surface area contributed by atoms with Crippen LogP contribution in [0.25, 0.3) is 0 Å². The molecule has 0 heterocycles. The van der Waals surface area contributed by atoms with E-state index in [0.29, 0.717) is 5.92 Å². The quantitative estimate of drug-likeness (QED) is 0.745. The van der Waals surface area contributed by atoms with Crippen molar-refractivity contribution in [1.29, 1.82) is 0 Å². The van der Waals surface area contributed by atoms with Crippen molar-refractivity contribution in [1.82, 2.24) is 5.32 Å². The van der Waals surface area contributed by atoms with E-state index in [1.54, 1.807) is 0 Å². The molecule has 1 aromatic rings. The van der Waals surface area contributed by atoms with E-state index in [0.717, 1.165) is 25.4 Å². The Morgan fingerprint density at radius 2 is 2.12 bits per heavy atom. The van der Waals surface area contributed by atoms with Gasteiger partial charge in [0.2, 0.25) is 0 Å². The molecule has 90 valence electrons. The van der Waals surface area contributed by atoms with Gasteiger partial charge in [-0.2, -0.15) is 0 Å². The smallest absolute Gasteiger partial charge is 0.0226 e. The van der Waals surface area contributed by atoms with Gasteiger partial charge in [0.05, 0.1) is 0 Å². The van der Waals surface area contributed by atoms with Gasteiger partial charge in [0.15, 0.2) is 0 Å². The van der Waals surface area contributed by atoms with Gasteiger partial charge < -0.3 is 5.32 Å². The highest BCUT2D eigenvalue weighted by Gasteiger charge is 2.05. The largest absolute Gasteiger partial charge is 0.312 e. The number of hydrogen-bond acceptors (Lipinski definition) is 1. The van der Waals surface area contributed by atoms with Gasteiger partial charge >= 0.3 is 0 Å². The zero-order chi connectivity index (χ0) is 11.8. The van der Waals surface area contributed by atoms with Gasteiger partial charge in [-0.05, 0) is 30.5 Å². The van der Waals surface area contributed by atoms with E-state index >= 15 is 0 Å². The Morgan fingerprint density at radius 1 is 1.38 bits per heavy atom. The van der Waals surface area contributed by atoms with Gasteiger partial charge in [-0.15, -0.1) is 11.6 Å². The van der Waals surface area contributed by atoms with Gasteiger partial charge in [-0.3, -0.25) is 0 Å². The van der Waals surface area contributed by atoms with E-state index in [-0.39, 0.29) is 0 Å². The molecule has 1 aromatic carbocycles. The predicted octanol–water partition coefficient (Wildman–Crippen LogP) is 4.19. The predicted molar refractivity (Wildman–Crippen MR) is 75.0 cm³/mol. The molecule has 1 rings (SSSR count). The fourth-order valence-electron chi connectivity index (χ4n) is 1.66. The van der Waals surface area contributed by atoms with Gasteiger partial charge in [-0.25, -0.2) is 0 Å². The van der Waals surface area contributed by atoms with Gasteiger partial charge in [0, 0.05) is 16.9 Å². The van der Waals surface area contributed by atoms with Crippen LogP contribution in [0, 0.1) is 5.92 Å². The van der Waals surface area contributed by atoms with E-state index < -0.39 is 0 Å².